The van der Waals surface area contributed by atoms with Crippen LogP contribution in [0, 0.1) is 11.6 Å². The highest BCUT2D eigenvalue weighted by Gasteiger charge is 2.15. The number of aromatic nitrogens is 5. The van der Waals surface area contributed by atoms with Crippen LogP contribution in [0.1, 0.15) is 5.82 Å². The first-order chi connectivity index (χ1) is 9.69. The largest absolute Gasteiger partial charge is 0.325 e. The van der Waals surface area contributed by atoms with Crippen molar-refractivity contribution >= 4 is 22.6 Å². The Bertz CT molecular complexity index is 738. The maximum absolute atomic E-state index is 13.7. The van der Waals surface area contributed by atoms with Crippen LogP contribution in [-0.4, -0.2) is 24.5 Å². The third-order valence-corrected chi connectivity index (χ3v) is 3.23. The topological polar surface area (TPSA) is 48.5 Å². The number of benzene rings is 1. The molecule has 5 nitrogen and oxygen atoms in total. The summed E-state index contributed by atoms with van der Waals surface area (Å²) in [7, 11) is 0. The standard InChI is InChI=1S/C12H10ClF2N5/c13-7-11-17-12-9(15)5-8(14)6-10(12)20(11)4-3-19-2-1-16-18-19/h1-2,5-6H,3-4,7H2. The summed E-state index contributed by atoms with van der Waals surface area (Å²) in [5.41, 5.74) is 0.513. The molecule has 0 unspecified atom stereocenters. The van der Waals surface area contributed by atoms with Gasteiger partial charge in [-0.1, -0.05) is 5.21 Å². The normalized spacial score (nSPS) is 11.3. The molecule has 0 aliphatic rings. The second kappa shape index (κ2) is 5.16. The van der Waals surface area contributed by atoms with Crippen molar-refractivity contribution in [1.82, 2.24) is 24.5 Å². The average Bonchev–Trinajstić information content (AvgIpc) is 3.03. The molecule has 0 spiro atoms. The first-order valence-corrected chi connectivity index (χ1v) is 6.46. The van der Waals surface area contributed by atoms with E-state index in [2.05, 4.69) is 15.3 Å². The maximum Gasteiger partial charge on any atom is 0.153 e. The molecule has 0 amide bonds. The van der Waals surface area contributed by atoms with E-state index in [1.807, 2.05) is 0 Å². The second-order valence-corrected chi connectivity index (χ2v) is 4.50. The van der Waals surface area contributed by atoms with E-state index in [0.29, 0.717) is 24.4 Å². The Hall–Kier alpha value is -2.02. The van der Waals surface area contributed by atoms with Gasteiger partial charge in [-0.05, 0) is 6.07 Å². The number of hydrogen-bond acceptors (Lipinski definition) is 3. The van der Waals surface area contributed by atoms with Gasteiger partial charge in [-0.25, -0.2) is 13.8 Å². The Labute approximate surface area is 117 Å². The summed E-state index contributed by atoms with van der Waals surface area (Å²) in [5.74, 6) is -0.720. The van der Waals surface area contributed by atoms with Crippen LogP contribution in [0.25, 0.3) is 11.0 Å². The molecule has 104 valence electrons. The predicted octanol–water partition coefficient (Wildman–Crippen LogP) is 2.34. The van der Waals surface area contributed by atoms with E-state index in [4.69, 9.17) is 11.6 Å². The minimum atomic E-state index is -0.689. The van der Waals surface area contributed by atoms with Gasteiger partial charge in [0.25, 0.3) is 0 Å². The second-order valence-electron chi connectivity index (χ2n) is 4.23. The van der Waals surface area contributed by atoms with E-state index < -0.39 is 11.6 Å². The molecule has 2 aromatic heterocycles. The Morgan fingerprint density at radius 3 is 2.75 bits per heavy atom. The monoisotopic (exact) mass is 297 g/mol. The summed E-state index contributed by atoms with van der Waals surface area (Å²) in [6, 6.07) is 2.07. The van der Waals surface area contributed by atoms with Crippen molar-refractivity contribution in [3.8, 4) is 0 Å². The zero-order valence-corrected chi connectivity index (χ0v) is 11.1. The predicted molar refractivity (Wildman–Crippen MR) is 69.2 cm³/mol. The summed E-state index contributed by atoms with van der Waals surface area (Å²) in [6.45, 7) is 0.957. The Kier molecular flexibility index (Phi) is 3.35. The van der Waals surface area contributed by atoms with Crippen LogP contribution >= 0.6 is 11.6 Å². The van der Waals surface area contributed by atoms with Crippen molar-refractivity contribution < 1.29 is 8.78 Å². The summed E-state index contributed by atoms with van der Waals surface area (Å²) >= 11 is 5.82. The van der Waals surface area contributed by atoms with Gasteiger partial charge in [-0.2, -0.15) is 0 Å². The van der Waals surface area contributed by atoms with Gasteiger partial charge < -0.3 is 4.57 Å². The van der Waals surface area contributed by atoms with Gasteiger partial charge >= 0.3 is 0 Å². The van der Waals surface area contributed by atoms with E-state index in [9.17, 15) is 8.78 Å². The van der Waals surface area contributed by atoms with Gasteiger partial charge in [-0.15, -0.1) is 16.7 Å². The molecular weight excluding hydrogens is 288 g/mol. The van der Waals surface area contributed by atoms with Crippen LogP contribution in [0.15, 0.2) is 24.5 Å². The van der Waals surface area contributed by atoms with Gasteiger partial charge in [0.05, 0.1) is 24.1 Å². The first kappa shape index (κ1) is 13.0. The van der Waals surface area contributed by atoms with E-state index in [1.165, 1.54) is 6.07 Å². The number of aryl methyl sites for hydroxylation is 2. The minimum Gasteiger partial charge on any atom is -0.325 e. The SMILES string of the molecule is Fc1cc(F)c2nc(CCl)n(CCn3ccnn3)c2c1. The van der Waals surface area contributed by atoms with Gasteiger partial charge in [0.15, 0.2) is 5.82 Å². The van der Waals surface area contributed by atoms with Gasteiger partial charge in [-0.3, -0.25) is 4.68 Å². The Morgan fingerprint density at radius 2 is 2.05 bits per heavy atom. The van der Waals surface area contributed by atoms with Crippen LogP contribution in [0.4, 0.5) is 8.78 Å². The molecule has 20 heavy (non-hydrogen) atoms. The Morgan fingerprint density at radius 1 is 1.20 bits per heavy atom. The lowest BCUT2D eigenvalue weighted by molar-refractivity contribution is 0.518. The van der Waals surface area contributed by atoms with Crippen molar-refractivity contribution in [2.45, 2.75) is 19.0 Å². The number of nitrogens with zero attached hydrogens (tertiary/aromatic N) is 5. The summed E-state index contributed by atoms with van der Waals surface area (Å²) in [6.07, 6.45) is 3.27. The number of fused-ring (bicyclic) bond motifs is 1. The molecule has 8 heteroatoms. The molecule has 0 aliphatic heterocycles. The molecule has 0 aliphatic carbocycles. The zero-order chi connectivity index (χ0) is 14.1. The Balaban J connectivity index is 2.03. The van der Waals surface area contributed by atoms with Crippen LogP contribution in [0.2, 0.25) is 0 Å². The summed E-state index contributed by atoms with van der Waals surface area (Å²) in [5, 5.41) is 7.54. The highest BCUT2D eigenvalue weighted by atomic mass is 35.5. The lowest BCUT2D eigenvalue weighted by Crippen LogP contribution is -2.10. The van der Waals surface area contributed by atoms with E-state index in [0.717, 1.165) is 6.07 Å². The van der Waals surface area contributed by atoms with E-state index in [-0.39, 0.29) is 11.4 Å². The molecule has 0 atom stereocenters. The lowest BCUT2D eigenvalue weighted by atomic mass is 10.3. The minimum absolute atomic E-state index is 0.118. The van der Waals surface area contributed by atoms with Crippen molar-refractivity contribution in [3.05, 3.63) is 42.0 Å². The fraction of sp³-hybridized carbons (Fsp3) is 0.250. The molecule has 0 radical (unpaired) electrons. The van der Waals surface area contributed by atoms with Crippen LogP contribution < -0.4 is 0 Å². The molecule has 0 fully saturated rings. The third-order valence-electron chi connectivity index (χ3n) is 3.00. The zero-order valence-electron chi connectivity index (χ0n) is 10.3. The highest BCUT2D eigenvalue weighted by Crippen LogP contribution is 2.22. The molecule has 0 bridgehead atoms. The molecule has 0 N–H and O–H groups in total. The third kappa shape index (κ3) is 2.24. The van der Waals surface area contributed by atoms with Crippen LogP contribution in [-0.2, 0) is 19.0 Å². The van der Waals surface area contributed by atoms with E-state index >= 15 is 0 Å². The first-order valence-electron chi connectivity index (χ1n) is 5.93. The fourth-order valence-corrected chi connectivity index (χ4v) is 2.31. The number of imidazole rings is 1. The van der Waals surface area contributed by atoms with Gasteiger partial charge in [0, 0.05) is 18.8 Å². The number of hydrogen-bond donors (Lipinski definition) is 0. The maximum atomic E-state index is 13.7. The van der Waals surface area contributed by atoms with E-state index in [1.54, 1.807) is 21.6 Å². The number of halogens is 3. The lowest BCUT2D eigenvalue weighted by Gasteiger charge is -2.07. The highest BCUT2D eigenvalue weighted by molar-refractivity contribution is 6.16. The molecule has 0 saturated carbocycles. The molecule has 3 rings (SSSR count). The van der Waals surface area contributed by atoms with Crippen LogP contribution in [0.5, 0.6) is 0 Å². The number of alkyl halides is 1. The quantitative estimate of drug-likeness (QED) is 0.695. The molecule has 2 heterocycles. The summed E-state index contributed by atoms with van der Waals surface area (Å²) in [4.78, 5) is 4.12. The van der Waals surface area contributed by atoms with Crippen molar-refractivity contribution in [3.63, 3.8) is 0 Å². The molecule has 3 aromatic rings. The van der Waals surface area contributed by atoms with Gasteiger partial charge in [0.1, 0.15) is 17.2 Å². The van der Waals surface area contributed by atoms with Crippen molar-refractivity contribution in [2.24, 2.45) is 0 Å². The van der Waals surface area contributed by atoms with Crippen molar-refractivity contribution in [1.29, 1.82) is 0 Å². The summed E-state index contributed by atoms with van der Waals surface area (Å²) < 4.78 is 30.4. The van der Waals surface area contributed by atoms with Crippen molar-refractivity contribution in [2.75, 3.05) is 0 Å². The fourth-order valence-electron chi connectivity index (χ4n) is 2.10. The number of rotatable bonds is 4. The molecule has 0 saturated heterocycles. The smallest absolute Gasteiger partial charge is 0.153 e. The molecular formula is C12H10ClF2N5. The van der Waals surface area contributed by atoms with Crippen LogP contribution in [0.3, 0.4) is 0 Å². The molecule has 1 aromatic carbocycles. The van der Waals surface area contributed by atoms with Gasteiger partial charge in [0.2, 0.25) is 0 Å². The average molecular weight is 298 g/mol.